The van der Waals surface area contributed by atoms with E-state index < -0.39 is 0 Å². The number of hydrogen-bond donors (Lipinski definition) is 0. The highest BCUT2D eigenvalue weighted by molar-refractivity contribution is 9.10. The molecule has 144 valence electrons. The first-order valence-corrected chi connectivity index (χ1v) is 10.5. The van der Waals surface area contributed by atoms with Gasteiger partial charge in [0.25, 0.3) is 0 Å². The van der Waals surface area contributed by atoms with E-state index in [2.05, 4.69) is 48.8 Å². The van der Waals surface area contributed by atoms with Gasteiger partial charge >= 0.3 is 0 Å². The number of Topliss-reactive ketones (excluding diaryl/α,β-unsaturated/α-hetero) is 1. The van der Waals surface area contributed by atoms with E-state index in [0.29, 0.717) is 19.3 Å². The van der Waals surface area contributed by atoms with Crippen LogP contribution in [0.2, 0.25) is 0 Å². The van der Waals surface area contributed by atoms with Crippen molar-refractivity contribution >= 4 is 33.3 Å². The molecule has 0 saturated carbocycles. The number of halogens is 1. The van der Waals surface area contributed by atoms with Crippen LogP contribution in [-0.4, -0.2) is 11.7 Å². The third-order valence-electron chi connectivity index (χ3n) is 5.77. The average Bonchev–Trinajstić information content (AvgIpc) is 2.60. The summed E-state index contributed by atoms with van der Waals surface area (Å²) in [5.41, 5.74) is 4.58. The maximum absolute atomic E-state index is 13.3. The highest BCUT2D eigenvalue weighted by Gasteiger charge is 2.44. The van der Waals surface area contributed by atoms with Crippen LogP contribution in [0.4, 0.5) is 5.69 Å². The number of benzene rings is 2. The molecular weight excluding hydrogens is 414 g/mol. The fourth-order valence-corrected chi connectivity index (χ4v) is 4.96. The van der Waals surface area contributed by atoms with Gasteiger partial charge in [0.15, 0.2) is 5.78 Å². The molecular formula is C24H24BrNO2. The van der Waals surface area contributed by atoms with Gasteiger partial charge in [-0.3, -0.25) is 14.5 Å². The summed E-state index contributed by atoms with van der Waals surface area (Å²) >= 11 is 3.51. The van der Waals surface area contributed by atoms with Crippen molar-refractivity contribution in [3.63, 3.8) is 0 Å². The predicted molar refractivity (Wildman–Crippen MR) is 115 cm³/mol. The van der Waals surface area contributed by atoms with Crippen molar-refractivity contribution in [1.82, 2.24) is 0 Å². The smallest absolute Gasteiger partial charge is 0.232 e. The van der Waals surface area contributed by atoms with Crippen molar-refractivity contribution in [2.24, 2.45) is 5.41 Å². The number of hydrogen-bond acceptors (Lipinski definition) is 2. The second-order valence-electron chi connectivity index (χ2n) is 8.62. The van der Waals surface area contributed by atoms with Crippen LogP contribution in [0.5, 0.6) is 0 Å². The van der Waals surface area contributed by atoms with Crippen LogP contribution >= 0.6 is 15.9 Å². The van der Waals surface area contributed by atoms with E-state index in [1.165, 1.54) is 0 Å². The Bertz CT molecular complexity index is 1010. The Hall–Kier alpha value is -2.20. The van der Waals surface area contributed by atoms with Crippen molar-refractivity contribution in [1.29, 1.82) is 0 Å². The summed E-state index contributed by atoms with van der Waals surface area (Å²) in [4.78, 5) is 28.4. The Morgan fingerprint density at radius 3 is 2.50 bits per heavy atom. The molecule has 1 aliphatic heterocycles. The van der Waals surface area contributed by atoms with Gasteiger partial charge in [0, 0.05) is 40.2 Å². The summed E-state index contributed by atoms with van der Waals surface area (Å²) < 4.78 is 0.919. The van der Waals surface area contributed by atoms with Crippen molar-refractivity contribution in [2.75, 3.05) is 4.90 Å². The molecule has 0 spiro atoms. The van der Waals surface area contributed by atoms with Crippen LogP contribution < -0.4 is 4.90 Å². The van der Waals surface area contributed by atoms with Gasteiger partial charge in [-0.05, 0) is 48.1 Å². The maximum atomic E-state index is 13.3. The molecule has 2 aliphatic rings. The minimum Gasteiger partial charge on any atom is -0.294 e. The summed E-state index contributed by atoms with van der Waals surface area (Å²) in [6, 6.07) is 15.9. The van der Waals surface area contributed by atoms with Crippen LogP contribution in [0.15, 0.2) is 64.3 Å². The van der Waals surface area contributed by atoms with Gasteiger partial charge in [0.1, 0.15) is 0 Å². The molecule has 1 unspecified atom stereocenters. The Morgan fingerprint density at radius 1 is 1.04 bits per heavy atom. The van der Waals surface area contributed by atoms with Gasteiger partial charge in [-0.2, -0.15) is 0 Å². The standard InChI is InChI=1S/C24H24BrNO2/c1-15-7-4-5-10-18(15)19-12-22(28)26(17-9-6-8-16(25)11-17)20-13-24(2,3)14-21(27)23(19)20/h4-11,19H,12-14H2,1-3H3. The van der Waals surface area contributed by atoms with E-state index in [1.54, 1.807) is 4.90 Å². The van der Waals surface area contributed by atoms with Gasteiger partial charge < -0.3 is 0 Å². The first-order chi connectivity index (χ1) is 13.3. The minimum absolute atomic E-state index is 0.0515. The van der Waals surface area contributed by atoms with Gasteiger partial charge in [0.05, 0.1) is 0 Å². The quantitative estimate of drug-likeness (QED) is 0.584. The van der Waals surface area contributed by atoms with Crippen LogP contribution in [0.3, 0.4) is 0 Å². The fraction of sp³-hybridized carbons (Fsp3) is 0.333. The summed E-state index contributed by atoms with van der Waals surface area (Å²) in [6.07, 6.45) is 1.56. The minimum atomic E-state index is -0.159. The number of nitrogens with zero attached hydrogens (tertiary/aromatic N) is 1. The largest absolute Gasteiger partial charge is 0.294 e. The second-order valence-corrected chi connectivity index (χ2v) is 9.54. The van der Waals surface area contributed by atoms with Gasteiger partial charge in [-0.1, -0.05) is 60.1 Å². The molecule has 0 saturated heterocycles. The van der Waals surface area contributed by atoms with Gasteiger partial charge in [-0.25, -0.2) is 0 Å². The molecule has 0 fully saturated rings. The lowest BCUT2D eigenvalue weighted by Crippen LogP contribution is -2.43. The zero-order valence-electron chi connectivity index (χ0n) is 16.5. The molecule has 4 heteroatoms. The molecule has 0 aromatic heterocycles. The Balaban J connectivity index is 1.93. The van der Waals surface area contributed by atoms with Crippen LogP contribution in [0.25, 0.3) is 0 Å². The second kappa shape index (κ2) is 7.00. The summed E-state index contributed by atoms with van der Waals surface area (Å²) in [7, 11) is 0. The summed E-state index contributed by atoms with van der Waals surface area (Å²) in [5.74, 6) is 0.0679. The molecule has 0 bridgehead atoms. The lowest BCUT2D eigenvalue weighted by molar-refractivity contribution is -0.121. The van der Waals surface area contributed by atoms with E-state index in [1.807, 2.05) is 36.4 Å². The monoisotopic (exact) mass is 437 g/mol. The normalized spacial score (nSPS) is 21.7. The van der Waals surface area contributed by atoms with E-state index >= 15 is 0 Å². The van der Waals surface area contributed by atoms with E-state index in [9.17, 15) is 9.59 Å². The van der Waals surface area contributed by atoms with Crippen LogP contribution in [0.1, 0.15) is 50.2 Å². The number of rotatable bonds is 2. The van der Waals surface area contributed by atoms with Gasteiger partial charge in [0.2, 0.25) is 5.91 Å². The zero-order chi connectivity index (χ0) is 20.1. The number of allylic oxidation sites excluding steroid dienone is 2. The maximum Gasteiger partial charge on any atom is 0.232 e. The first kappa shape index (κ1) is 19.1. The van der Waals surface area contributed by atoms with Crippen LogP contribution in [0, 0.1) is 12.3 Å². The van der Waals surface area contributed by atoms with Gasteiger partial charge in [-0.15, -0.1) is 0 Å². The third-order valence-corrected chi connectivity index (χ3v) is 6.27. The number of carbonyl (C=O) groups excluding carboxylic acids is 2. The molecule has 0 radical (unpaired) electrons. The van der Waals surface area contributed by atoms with Crippen LogP contribution in [-0.2, 0) is 9.59 Å². The number of carbonyl (C=O) groups is 2. The third kappa shape index (κ3) is 3.35. The summed E-state index contributed by atoms with van der Waals surface area (Å²) in [5, 5.41) is 0. The molecule has 1 heterocycles. The molecule has 3 nitrogen and oxygen atoms in total. The molecule has 28 heavy (non-hydrogen) atoms. The lowest BCUT2D eigenvalue weighted by atomic mass is 9.69. The van der Waals surface area contributed by atoms with Crippen molar-refractivity contribution in [2.45, 2.75) is 46.0 Å². The molecule has 1 atom stereocenters. The molecule has 2 aromatic rings. The molecule has 1 amide bonds. The zero-order valence-corrected chi connectivity index (χ0v) is 18.0. The SMILES string of the molecule is Cc1ccccc1C1CC(=O)N(c2cccc(Br)c2)C2=C1C(=O)CC(C)(C)C2. The van der Waals surface area contributed by atoms with E-state index in [0.717, 1.165) is 32.6 Å². The van der Waals surface area contributed by atoms with Crippen molar-refractivity contribution < 1.29 is 9.59 Å². The number of ketones is 1. The summed E-state index contributed by atoms with van der Waals surface area (Å²) in [6.45, 7) is 6.27. The number of amides is 1. The Kier molecular flexibility index (Phi) is 4.78. The number of anilines is 1. The average molecular weight is 438 g/mol. The topological polar surface area (TPSA) is 37.4 Å². The molecule has 4 rings (SSSR count). The van der Waals surface area contributed by atoms with Crippen molar-refractivity contribution in [3.05, 3.63) is 75.4 Å². The highest BCUT2D eigenvalue weighted by atomic mass is 79.9. The molecule has 1 aliphatic carbocycles. The highest BCUT2D eigenvalue weighted by Crippen LogP contribution is 2.48. The Morgan fingerprint density at radius 2 is 1.79 bits per heavy atom. The van der Waals surface area contributed by atoms with Crippen molar-refractivity contribution in [3.8, 4) is 0 Å². The van der Waals surface area contributed by atoms with E-state index in [-0.39, 0.29) is 23.0 Å². The molecule has 2 aromatic carbocycles. The Labute approximate surface area is 174 Å². The van der Waals surface area contributed by atoms with E-state index in [4.69, 9.17) is 0 Å². The predicted octanol–water partition coefficient (Wildman–Crippen LogP) is 5.92. The lowest BCUT2D eigenvalue weighted by Gasteiger charge is -2.43. The molecule has 0 N–H and O–H groups in total. The number of aryl methyl sites for hydroxylation is 1. The fourth-order valence-electron chi connectivity index (χ4n) is 4.57. The first-order valence-electron chi connectivity index (χ1n) is 9.67.